The molecule has 4 atom stereocenters. The fraction of sp³-hybridized carbons (Fsp3) is 0.467. The molecule has 22 heavy (non-hydrogen) atoms. The van der Waals surface area contributed by atoms with E-state index in [0.29, 0.717) is 5.56 Å². The number of fused-ring (bicyclic) bond motifs is 1. The van der Waals surface area contributed by atoms with E-state index in [1.807, 2.05) is 24.3 Å². The molecule has 0 unspecified atom stereocenters. The Morgan fingerprint density at radius 3 is 2.77 bits per heavy atom. The average Bonchev–Trinajstić information content (AvgIpc) is 2.88. The molecule has 0 radical (unpaired) electrons. The lowest BCUT2D eigenvalue weighted by Gasteiger charge is -2.41. The molecule has 1 aliphatic heterocycles. The van der Waals surface area contributed by atoms with Crippen molar-refractivity contribution >= 4 is 10.9 Å². The second-order valence-electron chi connectivity index (χ2n) is 5.52. The number of aliphatic hydroxyl groups excluding tert-OH is 3. The standard InChI is InChI=1S/C15H19NO6/c1-21-16-7-9(10-4-2-3-5-11(10)16)6-15(20)14(19)13(18)12(17)8-22-15/h2-5,7,12-14,17-20H,6,8H2,1H3/t12-,13+,14-,15+/m0/s1. The lowest BCUT2D eigenvalue weighted by atomic mass is 9.91. The molecule has 1 aliphatic rings. The molecule has 3 rings (SSSR count). The van der Waals surface area contributed by atoms with Gasteiger partial charge in [-0.05, 0) is 11.6 Å². The highest BCUT2D eigenvalue weighted by Gasteiger charge is 2.48. The van der Waals surface area contributed by atoms with Crippen LogP contribution < -0.4 is 4.84 Å². The fourth-order valence-corrected chi connectivity index (χ4v) is 2.83. The van der Waals surface area contributed by atoms with Gasteiger partial charge in [-0.15, -0.1) is 0 Å². The van der Waals surface area contributed by atoms with Crippen LogP contribution in [0, 0.1) is 0 Å². The van der Waals surface area contributed by atoms with E-state index in [1.54, 1.807) is 10.9 Å². The summed E-state index contributed by atoms with van der Waals surface area (Å²) in [5.74, 6) is -1.97. The van der Waals surface area contributed by atoms with E-state index in [1.165, 1.54) is 7.11 Å². The van der Waals surface area contributed by atoms with Crippen LogP contribution in [-0.4, -0.2) is 63.0 Å². The molecule has 2 heterocycles. The first-order valence-electron chi connectivity index (χ1n) is 7.00. The highest BCUT2D eigenvalue weighted by molar-refractivity contribution is 5.83. The molecule has 1 fully saturated rings. The van der Waals surface area contributed by atoms with Crippen molar-refractivity contribution in [3.63, 3.8) is 0 Å². The van der Waals surface area contributed by atoms with E-state index in [2.05, 4.69) is 0 Å². The molecular weight excluding hydrogens is 290 g/mol. The van der Waals surface area contributed by atoms with E-state index < -0.39 is 24.1 Å². The van der Waals surface area contributed by atoms with Gasteiger partial charge in [-0.3, -0.25) is 0 Å². The summed E-state index contributed by atoms with van der Waals surface area (Å²) in [4.78, 5) is 5.24. The predicted molar refractivity (Wildman–Crippen MR) is 77.1 cm³/mol. The van der Waals surface area contributed by atoms with E-state index in [0.717, 1.165) is 10.9 Å². The number of aromatic nitrogens is 1. The molecule has 0 saturated carbocycles. The monoisotopic (exact) mass is 309 g/mol. The Hall–Kier alpha value is -1.64. The van der Waals surface area contributed by atoms with Gasteiger partial charge >= 0.3 is 0 Å². The maximum atomic E-state index is 10.5. The predicted octanol–water partition coefficient (Wildman–Crippen LogP) is -0.956. The maximum absolute atomic E-state index is 10.5. The van der Waals surface area contributed by atoms with Gasteiger partial charge in [-0.2, -0.15) is 4.73 Å². The largest absolute Gasteiger partial charge is 0.417 e. The molecule has 1 aromatic carbocycles. The summed E-state index contributed by atoms with van der Waals surface area (Å²) in [6, 6.07) is 7.45. The van der Waals surface area contributed by atoms with E-state index in [9.17, 15) is 20.4 Å². The van der Waals surface area contributed by atoms with Crippen LogP contribution >= 0.6 is 0 Å². The molecule has 0 spiro atoms. The van der Waals surface area contributed by atoms with Gasteiger partial charge in [0.25, 0.3) is 0 Å². The van der Waals surface area contributed by atoms with Gasteiger partial charge in [0.1, 0.15) is 25.4 Å². The molecule has 1 saturated heterocycles. The van der Waals surface area contributed by atoms with Crippen LogP contribution in [0.4, 0.5) is 0 Å². The third kappa shape index (κ3) is 2.37. The first-order chi connectivity index (χ1) is 10.5. The topological polar surface area (TPSA) is 104 Å². The van der Waals surface area contributed by atoms with Crippen molar-refractivity contribution in [1.82, 2.24) is 4.73 Å². The molecule has 120 valence electrons. The molecule has 4 N–H and O–H groups in total. The maximum Gasteiger partial charge on any atom is 0.198 e. The van der Waals surface area contributed by atoms with Crippen LogP contribution in [0.5, 0.6) is 0 Å². The van der Waals surface area contributed by atoms with Gasteiger partial charge in [0.05, 0.1) is 12.1 Å². The summed E-state index contributed by atoms with van der Waals surface area (Å²) in [7, 11) is 1.52. The number of nitrogens with zero attached hydrogens (tertiary/aromatic N) is 1. The second kappa shape index (κ2) is 5.53. The second-order valence-corrected chi connectivity index (χ2v) is 5.52. The highest BCUT2D eigenvalue weighted by Crippen LogP contribution is 2.31. The van der Waals surface area contributed by atoms with Gasteiger partial charge in [-0.25, -0.2) is 0 Å². The molecule has 2 aromatic rings. The van der Waals surface area contributed by atoms with Crippen LogP contribution in [0.3, 0.4) is 0 Å². The van der Waals surface area contributed by atoms with Crippen molar-refractivity contribution in [2.45, 2.75) is 30.5 Å². The first kappa shape index (κ1) is 15.3. The number of para-hydroxylation sites is 1. The van der Waals surface area contributed by atoms with Gasteiger partial charge in [0, 0.05) is 18.0 Å². The average molecular weight is 309 g/mol. The summed E-state index contributed by atoms with van der Waals surface area (Å²) in [6.45, 7) is -0.252. The van der Waals surface area contributed by atoms with Crippen LogP contribution in [-0.2, 0) is 11.2 Å². The molecule has 1 aromatic heterocycles. The van der Waals surface area contributed by atoms with Crippen molar-refractivity contribution in [1.29, 1.82) is 0 Å². The summed E-state index contributed by atoms with van der Waals surface area (Å²) < 4.78 is 6.75. The summed E-state index contributed by atoms with van der Waals surface area (Å²) in [6.07, 6.45) is -2.66. The van der Waals surface area contributed by atoms with Crippen molar-refractivity contribution in [3.05, 3.63) is 36.0 Å². The van der Waals surface area contributed by atoms with Gasteiger partial charge in [-0.1, -0.05) is 18.2 Å². The first-order valence-corrected chi connectivity index (χ1v) is 7.00. The smallest absolute Gasteiger partial charge is 0.198 e. The Morgan fingerprint density at radius 2 is 2.05 bits per heavy atom. The Labute approximate surface area is 126 Å². The van der Waals surface area contributed by atoms with E-state index >= 15 is 0 Å². The quantitative estimate of drug-likeness (QED) is 0.582. The molecule has 0 aliphatic carbocycles. The SMILES string of the molecule is COn1cc(C[C@@]2(O)OC[C@H](O)[C@@H](O)[C@@H]2O)c2ccccc21. The third-order valence-electron chi connectivity index (χ3n) is 4.08. The highest BCUT2D eigenvalue weighted by atomic mass is 16.7. The van der Waals surface area contributed by atoms with E-state index in [-0.39, 0.29) is 13.0 Å². The number of hydrogen-bond acceptors (Lipinski definition) is 6. The Bertz CT molecular complexity index is 671. The third-order valence-corrected chi connectivity index (χ3v) is 4.08. The molecule has 0 amide bonds. The zero-order valence-corrected chi connectivity index (χ0v) is 12.1. The Morgan fingerprint density at radius 1 is 1.32 bits per heavy atom. The Balaban J connectivity index is 1.96. The van der Waals surface area contributed by atoms with Crippen molar-refractivity contribution in [2.24, 2.45) is 0 Å². The number of ether oxygens (including phenoxy) is 1. The lowest BCUT2D eigenvalue weighted by Crippen LogP contribution is -2.61. The fourth-order valence-electron chi connectivity index (χ4n) is 2.83. The summed E-state index contributed by atoms with van der Waals surface area (Å²) in [5, 5.41) is 40.7. The number of rotatable bonds is 3. The summed E-state index contributed by atoms with van der Waals surface area (Å²) >= 11 is 0. The minimum Gasteiger partial charge on any atom is -0.417 e. The van der Waals surface area contributed by atoms with Gasteiger partial charge in [0.15, 0.2) is 5.79 Å². The minimum absolute atomic E-state index is 0.0468. The zero-order valence-electron chi connectivity index (χ0n) is 12.1. The van der Waals surface area contributed by atoms with Crippen molar-refractivity contribution < 1.29 is 30.0 Å². The minimum atomic E-state index is -1.97. The Kier molecular flexibility index (Phi) is 3.84. The van der Waals surface area contributed by atoms with Crippen LogP contribution in [0.15, 0.2) is 30.5 Å². The molecular formula is C15H19NO6. The van der Waals surface area contributed by atoms with Crippen molar-refractivity contribution in [3.8, 4) is 0 Å². The molecule has 0 bridgehead atoms. The van der Waals surface area contributed by atoms with Crippen molar-refractivity contribution in [2.75, 3.05) is 13.7 Å². The lowest BCUT2D eigenvalue weighted by molar-refractivity contribution is -0.320. The molecule has 7 heteroatoms. The number of benzene rings is 1. The van der Waals surface area contributed by atoms with Gasteiger partial charge < -0.3 is 30.0 Å². The number of aliphatic hydroxyl groups is 4. The molecule has 7 nitrogen and oxygen atoms in total. The van der Waals surface area contributed by atoms with E-state index in [4.69, 9.17) is 9.57 Å². The van der Waals surface area contributed by atoms with Crippen LogP contribution in [0.2, 0.25) is 0 Å². The number of hydrogen-bond donors (Lipinski definition) is 4. The normalized spacial score (nSPS) is 32.3. The summed E-state index contributed by atoms with van der Waals surface area (Å²) in [5.41, 5.74) is 1.51. The zero-order chi connectivity index (χ0) is 15.9. The van der Waals surface area contributed by atoms with Crippen LogP contribution in [0.25, 0.3) is 10.9 Å². The van der Waals surface area contributed by atoms with Gasteiger partial charge in [0.2, 0.25) is 0 Å². The van der Waals surface area contributed by atoms with Crippen LogP contribution in [0.1, 0.15) is 5.56 Å².